The van der Waals surface area contributed by atoms with Gasteiger partial charge in [0.2, 0.25) is 0 Å². The minimum absolute atomic E-state index is 0.0718. The third kappa shape index (κ3) is 5.45. The van der Waals surface area contributed by atoms with Crippen molar-refractivity contribution in [2.45, 2.75) is 0 Å². The highest BCUT2D eigenvalue weighted by Crippen LogP contribution is 2.33. The normalized spacial score (nSPS) is 10.5. The lowest BCUT2D eigenvalue weighted by atomic mass is 10.1. The Balaban J connectivity index is 1.85. The largest absolute Gasteiger partial charge is 0.507 e. The van der Waals surface area contributed by atoms with Crippen molar-refractivity contribution in [2.75, 3.05) is 10.7 Å². The van der Waals surface area contributed by atoms with E-state index in [2.05, 4.69) is 16.2 Å². The van der Waals surface area contributed by atoms with Crippen LogP contribution < -0.4 is 16.2 Å². The number of halogens is 4. The summed E-state index contributed by atoms with van der Waals surface area (Å²) in [5.41, 5.74) is 5.16. The number of phenolic OH excluding ortho intramolecular Hbond substituents is 2. The van der Waals surface area contributed by atoms with Gasteiger partial charge in [-0.2, -0.15) is 0 Å². The van der Waals surface area contributed by atoms with E-state index in [4.69, 9.17) is 46.4 Å². The molecule has 0 heterocycles. The predicted molar refractivity (Wildman–Crippen MR) is 122 cm³/mol. The Morgan fingerprint density at radius 2 is 1.16 bits per heavy atom. The number of hydrogen-bond donors (Lipinski definition) is 5. The number of phenols is 2. The molecule has 0 aliphatic carbocycles. The number of aromatic hydroxyl groups is 2. The van der Waals surface area contributed by atoms with Crippen LogP contribution in [-0.2, 0) is 0 Å². The predicted octanol–water partition coefficient (Wildman–Crippen LogP) is 5.72. The summed E-state index contributed by atoms with van der Waals surface area (Å²) in [6, 6.07) is 10.7. The van der Waals surface area contributed by atoms with Crippen LogP contribution in [0.2, 0.25) is 20.1 Å². The molecule has 0 unspecified atom stereocenters. The number of hydrazine groups is 1. The molecule has 0 spiro atoms. The van der Waals surface area contributed by atoms with E-state index in [1.54, 1.807) is 0 Å². The second-order valence-electron chi connectivity index (χ2n) is 6.17. The van der Waals surface area contributed by atoms with Gasteiger partial charge in [0, 0.05) is 10.0 Å². The molecule has 31 heavy (non-hydrogen) atoms. The van der Waals surface area contributed by atoms with E-state index in [9.17, 15) is 19.8 Å². The molecule has 7 nitrogen and oxygen atoms in total. The topological polar surface area (TPSA) is 111 Å². The SMILES string of the molecule is O=C(NNc1cc(Cl)c(Cl)cc1NC(=O)c1cc(Cl)ccc1O)c1cc(Cl)ccc1O. The van der Waals surface area contributed by atoms with Crippen LogP contribution in [0, 0.1) is 0 Å². The highest BCUT2D eigenvalue weighted by molar-refractivity contribution is 6.42. The van der Waals surface area contributed by atoms with Crippen molar-refractivity contribution in [3.63, 3.8) is 0 Å². The quantitative estimate of drug-likeness (QED) is 0.288. The second-order valence-corrected chi connectivity index (χ2v) is 7.86. The fourth-order valence-electron chi connectivity index (χ4n) is 2.52. The Morgan fingerprint density at radius 3 is 1.71 bits per heavy atom. The van der Waals surface area contributed by atoms with E-state index in [0.717, 1.165) is 0 Å². The lowest BCUT2D eigenvalue weighted by Gasteiger charge is -2.16. The number of carbonyl (C=O) groups is 2. The molecule has 0 saturated heterocycles. The summed E-state index contributed by atoms with van der Waals surface area (Å²) >= 11 is 23.9. The Labute approximate surface area is 196 Å². The zero-order valence-corrected chi connectivity index (χ0v) is 18.4. The maximum Gasteiger partial charge on any atom is 0.273 e. The second kappa shape index (κ2) is 9.53. The maximum atomic E-state index is 12.6. The number of nitrogens with one attached hydrogen (secondary N) is 3. The Hall–Kier alpha value is -2.84. The summed E-state index contributed by atoms with van der Waals surface area (Å²) in [7, 11) is 0. The van der Waals surface area contributed by atoms with E-state index in [-0.39, 0.29) is 54.1 Å². The molecule has 3 aromatic rings. The summed E-state index contributed by atoms with van der Waals surface area (Å²) in [5.74, 6) is -1.93. The molecular formula is C20H13Cl4N3O4. The molecule has 0 fully saturated rings. The molecule has 0 bridgehead atoms. The zero-order chi connectivity index (χ0) is 22.7. The Bertz CT molecular complexity index is 1190. The van der Waals surface area contributed by atoms with Gasteiger partial charge in [-0.15, -0.1) is 0 Å². The molecule has 0 atom stereocenters. The average molecular weight is 501 g/mol. The van der Waals surface area contributed by atoms with Gasteiger partial charge in [-0.3, -0.25) is 20.4 Å². The standard InChI is InChI=1S/C20H13Cl4N3O4/c21-9-1-3-17(28)11(5-9)19(30)25-15-7-13(23)14(24)8-16(15)26-27-20(31)12-6-10(22)2-4-18(12)29/h1-8,26,28-29H,(H,25,30)(H,27,31). The van der Waals surface area contributed by atoms with Crippen LogP contribution in [0.25, 0.3) is 0 Å². The van der Waals surface area contributed by atoms with Gasteiger partial charge < -0.3 is 15.5 Å². The van der Waals surface area contributed by atoms with Crippen LogP contribution in [0.15, 0.2) is 48.5 Å². The smallest absolute Gasteiger partial charge is 0.273 e. The number of carbonyl (C=O) groups excluding carboxylic acids is 2. The van der Waals surface area contributed by atoms with Crippen molar-refractivity contribution in [2.24, 2.45) is 0 Å². The van der Waals surface area contributed by atoms with Gasteiger partial charge in [0.25, 0.3) is 11.8 Å². The van der Waals surface area contributed by atoms with Crippen LogP contribution in [0.1, 0.15) is 20.7 Å². The molecule has 11 heteroatoms. The van der Waals surface area contributed by atoms with Gasteiger partial charge in [0.05, 0.1) is 32.5 Å². The lowest BCUT2D eigenvalue weighted by Crippen LogP contribution is -2.30. The summed E-state index contributed by atoms with van der Waals surface area (Å²) in [6.07, 6.45) is 0. The molecule has 0 aromatic heterocycles. The average Bonchev–Trinajstić information content (AvgIpc) is 2.72. The van der Waals surface area contributed by atoms with Crippen molar-refractivity contribution >= 4 is 69.6 Å². The van der Waals surface area contributed by atoms with E-state index in [1.807, 2.05) is 0 Å². The van der Waals surface area contributed by atoms with E-state index in [1.165, 1.54) is 48.5 Å². The van der Waals surface area contributed by atoms with Gasteiger partial charge in [0.1, 0.15) is 11.5 Å². The molecule has 0 aliphatic heterocycles. The first-order chi connectivity index (χ1) is 14.7. The van der Waals surface area contributed by atoms with E-state index < -0.39 is 11.8 Å². The third-order valence-electron chi connectivity index (χ3n) is 4.03. The first kappa shape index (κ1) is 22.8. The van der Waals surface area contributed by atoms with Crippen LogP contribution in [-0.4, -0.2) is 22.0 Å². The molecular weight excluding hydrogens is 488 g/mol. The fraction of sp³-hybridized carbons (Fsp3) is 0. The molecule has 2 amide bonds. The molecule has 5 N–H and O–H groups in total. The highest BCUT2D eigenvalue weighted by atomic mass is 35.5. The lowest BCUT2D eigenvalue weighted by molar-refractivity contribution is 0.0959. The molecule has 3 rings (SSSR count). The molecule has 3 aromatic carbocycles. The minimum Gasteiger partial charge on any atom is -0.507 e. The molecule has 160 valence electrons. The summed E-state index contributed by atoms with van der Waals surface area (Å²) in [5, 5.41) is 23.1. The number of amides is 2. The summed E-state index contributed by atoms with van der Waals surface area (Å²) in [6.45, 7) is 0. The first-order valence-corrected chi connectivity index (χ1v) is 10.0. The third-order valence-corrected chi connectivity index (χ3v) is 5.22. The number of rotatable bonds is 5. The van der Waals surface area contributed by atoms with Gasteiger partial charge in [-0.05, 0) is 48.5 Å². The van der Waals surface area contributed by atoms with Crippen LogP contribution in [0.4, 0.5) is 11.4 Å². The van der Waals surface area contributed by atoms with Gasteiger partial charge >= 0.3 is 0 Å². The number of hydrogen-bond acceptors (Lipinski definition) is 5. The Morgan fingerprint density at radius 1 is 0.677 bits per heavy atom. The fourth-order valence-corrected chi connectivity index (χ4v) is 3.19. The number of benzene rings is 3. The molecule has 0 aliphatic rings. The van der Waals surface area contributed by atoms with Crippen molar-refractivity contribution < 1.29 is 19.8 Å². The molecule has 0 saturated carbocycles. The van der Waals surface area contributed by atoms with Crippen molar-refractivity contribution in [3.05, 3.63) is 79.7 Å². The van der Waals surface area contributed by atoms with Crippen molar-refractivity contribution in [1.29, 1.82) is 0 Å². The minimum atomic E-state index is -0.698. The van der Waals surface area contributed by atoms with E-state index in [0.29, 0.717) is 0 Å². The van der Waals surface area contributed by atoms with Crippen molar-refractivity contribution in [1.82, 2.24) is 5.43 Å². The van der Waals surface area contributed by atoms with Crippen LogP contribution in [0.3, 0.4) is 0 Å². The maximum absolute atomic E-state index is 12.6. The zero-order valence-electron chi connectivity index (χ0n) is 15.3. The van der Waals surface area contributed by atoms with E-state index >= 15 is 0 Å². The van der Waals surface area contributed by atoms with Crippen LogP contribution in [0.5, 0.6) is 11.5 Å². The first-order valence-electron chi connectivity index (χ1n) is 8.49. The Kier molecular flexibility index (Phi) is 7.02. The highest BCUT2D eigenvalue weighted by Gasteiger charge is 2.17. The number of anilines is 2. The monoisotopic (exact) mass is 499 g/mol. The summed E-state index contributed by atoms with van der Waals surface area (Å²) < 4.78 is 0. The van der Waals surface area contributed by atoms with Gasteiger partial charge in [-0.25, -0.2) is 0 Å². The summed E-state index contributed by atoms with van der Waals surface area (Å²) in [4.78, 5) is 25.0. The van der Waals surface area contributed by atoms with Crippen molar-refractivity contribution in [3.8, 4) is 11.5 Å². The van der Waals surface area contributed by atoms with Crippen LogP contribution >= 0.6 is 46.4 Å². The van der Waals surface area contributed by atoms with Gasteiger partial charge in [0.15, 0.2) is 0 Å². The van der Waals surface area contributed by atoms with Gasteiger partial charge in [-0.1, -0.05) is 46.4 Å². The molecule has 0 radical (unpaired) electrons.